The fourth-order valence-corrected chi connectivity index (χ4v) is 1.35. The summed E-state index contributed by atoms with van der Waals surface area (Å²) in [5.74, 6) is 0. The van der Waals surface area contributed by atoms with Gasteiger partial charge in [0.1, 0.15) is 11.8 Å². The summed E-state index contributed by atoms with van der Waals surface area (Å²) in [6.45, 7) is 13.9. The standard InChI is InChI=1S/C13H26N2O2/c1-7-9-10-15(11(3)14-8-2)12(16)17-13(4,5)6/h8,11,14H,2,7,9-10H2,1,3-6H3. The number of carbonyl (C=O) groups excluding carboxylic acids is 1. The Morgan fingerprint density at radius 2 is 2.12 bits per heavy atom. The number of ether oxygens (including phenoxy) is 1. The third kappa shape index (κ3) is 6.87. The number of amides is 1. The molecule has 0 aliphatic heterocycles. The van der Waals surface area contributed by atoms with E-state index < -0.39 is 5.60 Å². The number of hydrogen-bond donors (Lipinski definition) is 1. The highest BCUT2D eigenvalue weighted by Gasteiger charge is 2.24. The predicted molar refractivity (Wildman–Crippen MR) is 70.6 cm³/mol. The molecule has 0 aliphatic rings. The van der Waals surface area contributed by atoms with Crippen LogP contribution >= 0.6 is 0 Å². The Kier molecular flexibility index (Phi) is 6.69. The van der Waals surface area contributed by atoms with Gasteiger partial charge in [0.2, 0.25) is 0 Å². The van der Waals surface area contributed by atoms with E-state index in [-0.39, 0.29) is 12.3 Å². The van der Waals surface area contributed by atoms with Crippen molar-refractivity contribution in [3.63, 3.8) is 0 Å². The van der Waals surface area contributed by atoms with Crippen molar-refractivity contribution < 1.29 is 9.53 Å². The van der Waals surface area contributed by atoms with Gasteiger partial charge in [-0.25, -0.2) is 4.79 Å². The molecule has 0 bridgehead atoms. The Hall–Kier alpha value is -1.19. The maximum Gasteiger partial charge on any atom is 0.411 e. The van der Waals surface area contributed by atoms with Crippen molar-refractivity contribution in [2.24, 2.45) is 0 Å². The molecule has 0 saturated heterocycles. The molecule has 100 valence electrons. The average Bonchev–Trinajstić information content (AvgIpc) is 2.15. The van der Waals surface area contributed by atoms with Crippen molar-refractivity contribution in [1.29, 1.82) is 0 Å². The molecule has 1 amide bonds. The van der Waals surface area contributed by atoms with Gasteiger partial charge in [0.15, 0.2) is 0 Å². The summed E-state index contributed by atoms with van der Waals surface area (Å²) < 4.78 is 5.38. The normalized spacial score (nSPS) is 12.8. The predicted octanol–water partition coefficient (Wildman–Crippen LogP) is 3.10. The van der Waals surface area contributed by atoms with Crippen LogP contribution in [0.3, 0.4) is 0 Å². The number of rotatable bonds is 6. The van der Waals surface area contributed by atoms with Gasteiger partial charge in [-0.1, -0.05) is 19.9 Å². The van der Waals surface area contributed by atoms with Crippen LogP contribution in [0.5, 0.6) is 0 Å². The van der Waals surface area contributed by atoms with E-state index in [1.807, 2.05) is 27.7 Å². The molecule has 1 unspecified atom stereocenters. The summed E-state index contributed by atoms with van der Waals surface area (Å²) in [5, 5.41) is 3.01. The van der Waals surface area contributed by atoms with E-state index in [1.54, 1.807) is 11.1 Å². The van der Waals surface area contributed by atoms with Crippen LogP contribution in [0.1, 0.15) is 47.5 Å². The Bertz CT molecular complexity index is 246. The fraction of sp³-hybridized carbons (Fsp3) is 0.769. The maximum absolute atomic E-state index is 12.0. The van der Waals surface area contributed by atoms with E-state index in [0.29, 0.717) is 6.54 Å². The first-order valence-corrected chi connectivity index (χ1v) is 6.18. The van der Waals surface area contributed by atoms with Crippen LogP contribution in [0.2, 0.25) is 0 Å². The maximum atomic E-state index is 12.0. The van der Waals surface area contributed by atoms with Crippen LogP contribution in [-0.2, 0) is 4.74 Å². The Morgan fingerprint density at radius 3 is 2.53 bits per heavy atom. The molecule has 0 aromatic heterocycles. The highest BCUT2D eigenvalue weighted by atomic mass is 16.6. The number of carbonyl (C=O) groups is 1. The van der Waals surface area contributed by atoms with E-state index >= 15 is 0 Å². The summed E-state index contributed by atoms with van der Waals surface area (Å²) in [6.07, 6.45) is 3.21. The second-order valence-electron chi connectivity index (χ2n) is 5.07. The Balaban J connectivity index is 4.54. The Morgan fingerprint density at radius 1 is 1.53 bits per heavy atom. The molecule has 4 heteroatoms. The van der Waals surface area contributed by atoms with Crippen molar-refractivity contribution in [2.45, 2.75) is 59.2 Å². The quantitative estimate of drug-likeness (QED) is 0.728. The number of hydrogen-bond acceptors (Lipinski definition) is 3. The highest BCUT2D eigenvalue weighted by Crippen LogP contribution is 2.12. The lowest BCUT2D eigenvalue weighted by Gasteiger charge is -2.31. The zero-order valence-electron chi connectivity index (χ0n) is 11.7. The third-order valence-electron chi connectivity index (χ3n) is 2.21. The molecule has 0 fully saturated rings. The molecule has 0 aromatic rings. The van der Waals surface area contributed by atoms with Gasteiger partial charge < -0.3 is 10.1 Å². The molecular weight excluding hydrogens is 216 g/mol. The highest BCUT2D eigenvalue weighted by molar-refractivity contribution is 5.68. The van der Waals surface area contributed by atoms with E-state index in [1.165, 1.54) is 0 Å². The largest absolute Gasteiger partial charge is 0.444 e. The zero-order chi connectivity index (χ0) is 13.5. The SMILES string of the molecule is C=CNC(C)N(CCCC)C(=O)OC(C)(C)C. The van der Waals surface area contributed by atoms with Crippen LogP contribution < -0.4 is 5.32 Å². The van der Waals surface area contributed by atoms with Crippen molar-refractivity contribution in [3.8, 4) is 0 Å². The lowest BCUT2D eigenvalue weighted by molar-refractivity contribution is 0.0155. The van der Waals surface area contributed by atoms with Gasteiger partial charge in [0.25, 0.3) is 0 Å². The molecular formula is C13H26N2O2. The van der Waals surface area contributed by atoms with Crippen molar-refractivity contribution in [2.75, 3.05) is 6.54 Å². The van der Waals surface area contributed by atoms with E-state index in [4.69, 9.17) is 4.74 Å². The number of nitrogens with one attached hydrogen (secondary N) is 1. The first kappa shape index (κ1) is 15.8. The molecule has 0 saturated carbocycles. The third-order valence-corrected chi connectivity index (χ3v) is 2.21. The second kappa shape index (κ2) is 7.20. The van der Waals surface area contributed by atoms with Gasteiger partial charge in [0, 0.05) is 6.54 Å². The second-order valence-corrected chi connectivity index (χ2v) is 5.07. The summed E-state index contributed by atoms with van der Waals surface area (Å²) in [4.78, 5) is 13.7. The smallest absolute Gasteiger partial charge is 0.411 e. The lowest BCUT2D eigenvalue weighted by atomic mass is 10.2. The topological polar surface area (TPSA) is 41.6 Å². The van der Waals surface area contributed by atoms with Gasteiger partial charge in [-0.2, -0.15) is 0 Å². The van der Waals surface area contributed by atoms with Crippen LogP contribution in [0, 0.1) is 0 Å². The molecule has 0 radical (unpaired) electrons. The lowest BCUT2D eigenvalue weighted by Crippen LogP contribution is -2.47. The van der Waals surface area contributed by atoms with Crippen LogP contribution in [0.4, 0.5) is 4.79 Å². The van der Waals surface area contributed by atoms with E-state index in [0.717, 1.165) is 12.8 Å². The first-order valence-electron chi connectivity index (χ1n) is 6.18. The molecule has 17 heavy (non-hydrogen) atoms. The molecule has 1 atom stereocenters. The van der Waals surface area contributed by atoms with Gasteiger partial charge in [-0.3, -0.25) is 4.90 Å². The van der Waals surface area contributed by atoms with E-state index in [9.17, 15) is 4.79 Å². The molecule has 0 aromatic carbocycles. The molecule has 4 nitrogen and oxygen atoms in total. The summed E-state index contributed by atoms with van der Waals surface area (Å²) in [5.41, 5.74) is -0.463. The van der Waals surface area contributed by atoms with Gasteiger partial charge >= 0.3 is 6.09 Å². The van der Waals surface area contributed by atoms with Gasteiger partial charge in [-0.15, -0.1) is 0 Å². The van der Waals surface area contributed by atoms with Crippen LogP contribution in [0.15, 0.2) is 12.8 Å². The van der Waals surface area contributed by atoms with Crippen LogP contribution in [-0.4, -0.2) is 29.3 Å². The summed E-state index contributed by atoms with van der Waals surface area (Å²) >= 11 is 0. The first-order chi connectivity index (χ1) is 7.81. The summed E-state index contributed by atoms with van der Waals surface area (Å²) in [7, 11) is 0. The molecule has 0 rings (SSSR count). The van der Waals surface area contributed by atoms with Crippen LogP contribution in [0.25, 0.3) is 0 Å². The molecule has 1 N–H and O–H groups in total. The van der Waals surface area contributed by atoms with Crippen molar-refractivity contribution in [3.05, 3.63) is 12.8 Å². The average molecular weight is 242 g/mol. The summed E-state index contributed by atoms with van der Waals surface area (Å²) in [6, 6.07) is 0. The van der Waals surface area contributed by atoms with E-state index in [2.05, 4.69) is 18.8 Å². The number of unbranched alkanes of at least 4 members (excludes halogenated alkanes) is 1. The number of nitrogens with zero attached hydrogens (tertiary/aromatic N) is 1. The van der Waals surface area contributed by atoms with Gasteiger partial charge in [0.05, 0.1) is 0 Å². The minimum atomic E-state index is -0.463. The fourth-order valence-electron chi connectivity index (χ4n) is 1.35. The minimum Gasteiger partial charge on any atom is -0.444 e. The Labute approximate surface area is 105 Å². The monoisotopic (exact) mass is 242 g/mol. The molecule has 0 spiro atoms. The zero-order valence-corrected chi connectivity index (χ0v) is 11.7. The van der Waals surface area contributed by atoms with Crippen molar-refractivity contribution >= 4 is 6.09 Å². The van der Waals surface area contributed by atoms with Crippen molar-refractivity contribution in [1.82, 2.24) is 10.2 Å². The molecule has 0 heterocycles. The van der Waals surface area contributed by atoms with Gasteiger partial charge in [-0.05, 0) is 40.3 Å². The minimum absolute atomic E-state index is 0.103. The molecule has 0 aliphatic carbocycles.